The van der Waals surface area contributed by atoms with Gasteiger partial charge >= 0.3 is 0 Å². The summed E-state index contributed by atoms with van der Waals surface area (Å²) in [6.45, 7) is 0. The molecule has 3 nitrogen and oxygen atoms in total. The molecule has 1 aromatic carbocycles. The Morgan fingerprint density at radius 2 is 2.00 bits per heavy atom. The van der Waals surface area contributed by atoms with Crippen molar-refractivity contribution in [3.05, 3.63) is 41.5 Å². The molecular formula is C13H10ClN3S. The Hall–Kier alpha value is -1.52. The molecule has 2 aromatic heterocycles. The molecule has 0 unspecified atom stereocenters. The fraction of sp³-hybridized carbons (Fsp3) is 0.154. The van der Waals surface area contributed by atoms with E-state index >= 15 is 0 Å². The number of hydrogen-bond donors (Lipinski definition) is 0. The Morgan fingerprint density at radius 3 is 2.89 bits per heavy atom. The lowest BCUT2D eigenvalue weighted by atomic mass is 10.1. The standard InChI is InChI=1S/C13H10ClN3S/c14-7-5-11-16-17-13(18-11)12-10-4-2-1-3-9(10)6-8-15-12/h1-4,6,8H,5,7H2. The van der Waals surface area contributed by atoms with E-state index in [1.807, 2.05) is 18.2 Å². The van der Waals surface area contributed by atoms with Crippen LogP contribution >= 0.6 is 22.9 Å². The van der Waals surface area contributed by atoms with E-state index < -0.39 is 0 Å². The third kappa shape index (κ3) is 2.09. The van der Waals surface area contributed by atoms with Crippen LogP contribution < -0.4 is 0 Å². The lowest BCUT2D eigenvalue weighted by Crippen LogP contribution is -1.85. The van der Waals surface area contributed by atoms with Crippen LogP contribution in [0.3, 0.4) is 0 Å². The molecule has 0 fully saturated rings. The van der Waals surface area contributed by atoms with Crippen LogP contribution in [0.4, 0.5) is 0 Å². The minimum atomic E-state index is 0.567. The SMILES string of the molecule is ClCCc1nnc(-c2nccc3ccccc23)s1. The second-order valence-corrected chi connectivity index (χ2v) is 5.26. The van der Waals surface area contributed by atoms with Gasteiger partial charge in [-0.2, -0.15) is 0 Å². The smallest absolute Gasteiger partial charge is 0.166 e. The molecule has 3 rings (SSSR count). The molecule has 0 saturated carbocycles. The fourth-order valence-corrected chi connectivity index (χ4v) is 2.96. The zero-order valence-corrected chi connectivity index (χ0v) is 11.1. The van der Waals surface area contributed by atoms with Gasteiger partial charge < -0.3 is 0 Å². The summed E-state index contributed by atoms with van der Waals surface area (Å²) in [6, 6.07) is 10.2. The lowest BCUT2D eigenvalue weighted by Gasteiger charge is -2.01. The number of fused-ring (bicyclic) bond motifs is 1. The quantitative estimate of drug-likeness (QED) is 0.686. The first-order valence-corrected chi connectivity index (χ1v) is 6.96. The molecule has 3 aromatic rings. The molecule has 0 spiro atoms. The Bertz CT molecular complexity index is 675. The van der Waals surface area contributed by atoms with Gasteiger partial charge in [-0.15, -0.1) is 21.8 Å². The van der Waals surface area contributed by atoms with Gasteiger partial charge in [-0.1, -0.05) is 35.6 Å². The summed E-state index contributed by atoms with van der Waals surface area (Å²) in [5.74, 6) is 0.567. The van der Waals surface area contributed by atoms with Gasteiger partial charge in [0.15, 0.2) is 5.01 Å². The van der Waals surface area contributed by atoms with Crippen LogP contribution in [0.5, 0.6) is 0 Å². The molecule has 18 heavy (non-hydrogen) atoms. The predicted octanol–water partition coefficient (Wildman–Crippen LogP) is 3.53. The maximum atomic E-state index is 5.71. The van der Waals surface area contributed by atoms with E-state index in [1.165, 1.54) is 0 Å². The number of benzene rings is 1. The second-order valence-electron chi connectivity index (χ2n) is 3.82. The molecule has 0 aliphatic heterocycles. The van der Waals surface area contributed by atoms with Gasteiger partial charge in [0.2, 0.25) is 0 Å². The number of pyridine rings is 1. The van der Waals surface area contributed by atoms with Gasteiger partial charge in [-0.05, 0) is 11.5 Å². The molecule has 0 saturated heterocycles. The Kier molecular flexibility index (Phi) is 3.21. The molecule has 0 radical (unpaired) electrons. The number of aryl methyl sites for hydroxylation is 1. The predicted molar refractivity (Wildman–Crippen MR) is 75.1 cm³/mol. The third-order valence-corrected chi connectivity index (χ3v) is 3.83. The van der Waals surface area contributed by atoms with E-state index in [0.717, 1.165) is 32.9 Å². The van der Waals surface area contributed by atoms with E-state index in [-0.39, 0.29) is 0 Å². The van der Waals surface area contributed by atoms with Crippen LogP contribution in [0, 0.1) is 0 Å². The summed E-state index contributed by atoms with van der Waals surface area (Å²) in [6.07, 6.45) is 2.56. The number of hydrogen-bond acceptors (Lipinski definition) is 4. The lowest BCUT2D eigenvalue weighted by molar-refractivity contribution is 0.988. The molecule has 2 heterocycles. The Morgan fingerprint density at radius 1 is 1.11 bits per heavy atom. The Labute approximate surface area is 113 Å². The first-order valence-electron chi connectivity index (χ1n) is 5.61. The number of halogens is 1. The minimum Gasteiger partial charge on any atom is -0.253 e. The third-order valence-electron chi connectivity index (χ3n) is 2.65. The van der Waals surface area contributed by atoms with Crippen LogP contribution in [-0.2, 0) is 6.42 Å². The average molecular weight is 276 g/mol. The van der Waals surface area contributed by atoms with Crippen molar-refractivity contribution in [3.63, 3.8) is 0 Å². The number of aromatic nitrogens is 3. The maximum absolute atomic E-state index is 5.71. The molecular weight excluding hydrogens is 266 g/mol. The van der Waals surface area contributed by atoms with Gasteiger partial charge in [-0.3, -0.25) is 4.98 Å². The van der Waals surface area contributed by atoms with E-state index in [2.05, 4.69) is 27.3 Å². The summed E-state index contributed by atoms with van der Waals surface area (Å²) in [5, 5.41) is 12.4. The summed E-state index contributed by atoms with van der Waals surface area (Å²) < 4.78 is 0. The highest BCUT2D eigenvalue weighted by Crippen LogP contribution is 2.28. The molecule has 5 heteroatoms. The Balaban J connectivity index is 2.12. The van der Waals surface area contributed by atoms with Crippen molar-refractivity contribution in [2.24, 2.45) is 0 Å². The molecule has 90 valence electrons. The molecule has 0 aliphatic rings. The first kappa shape index (κ1) is 11.6. The molecule has 0 amide bonds. The van der Waals surface area contributed by atoms with Crippen molar-refractivity contribution in [1.82, 2.24) is 15.2 Å². The van der Waals surface area contributed by atoms with E-state index in [1.54, 1.807) is 17.5 Å². The largest absolute Gasteiger partial charge is 0.253 e. The van der Waals surface area contributed by atoms with Crippen LogP contribution in [0.1, 0.15) is 5.01 Å². The van der Waals surface area contributed by atoms with Gasteiger partial charge in [-0.25, -0.2) is 0 Å². The molecule has 0 N–H and O–H groups in total. The van der Waals surface area contributed by atoms with E-state index in [4.69, 9.17) is 11.6 Å². The van der Waals surface area contributed by atoms with Crippen LogP contribution in [-0.4, -0.2) is 21.1 Å². The maximum Gasteiger partial charge on any atom is 0.166 e. The van der Waals surface area contributed by atoms with E-state index in [9.17, 15) is 0 Å². The number of alkyl halides is 1. The summed E-state index contributed by atoms with van der Waals surface area (Å²) in [4.78, 5) is 4.43. The first-order chi connectivity index (χ1) is 8.88. The van der Waals surface area contributed by atoms with Crippen LogP contribution in [0.15, 0.2) is 36.5 Å². The zero-order valence-electron chi connectivity index (χ0n) is 9.51. The zero-order chi connectivity index (χ0) is 12.4. The van der Waals surface area contributed by atoms with Crippen molar-refractivity contribution < 1.29 is 0 Å². The highest BCUT2D eigenvalue weighted by Gasteiger charge is 2.10. The minimum absolute atomic E-state index is 0.567. The monoisotopic (exact) mass is 275 g/mol. The molecule has 0 aliphatic carbocycles. The molecule has 0 atom stereocenters. The van der Waals surface area contributed by atoms with Gasteiger partial charge in [0, 0.05) is 23.9 Å². The van der Waals surface area contributed by atoms with Crippen molar-refractivity contribution in [2.75, 3.05) is 5.88 Å². The van der Waals surface area contributed by atoms with Crippen molar-refractivity contribution in [2.45, 2.75) is 6.42 Å². The fourth-order valence-electron chi connectivity index (χ4n) is 1.82. The van der Waals surface area contributed by atoms with E-state index in [0.29, 0.717) is 5.88 Å². The van der Waals surface area contributed by atoms with Crippen molar-refractivity contribution >= 4 is 33.7 Å². The van der Waals surface area contributed by atoms with Gasteiger partial charge in [0.25, 0.3) is 0 Å². The number of nitrogens with zero attached hydrogens (tertiary/aromatic N) is 3. The summed E-state index contributed by atoms with van der Waals surface area (Å²) in [5.41, 5.74) is 0.895. The van der Waals surface area contributed by atoms with Gasteiger partial charge in [0.1, 0.15) is 10.7 Å². The summed E-state index contributed by atoms with van der Waals surface area (Å²) in [7, 11) is 0. The number of rotatable bonds is 3. The normalized spacial score (nSPS) is 10.9. The average Bonchev–Trinajstić information content (AvgIpc) is 2.87. The topological polar surface area (TPSA) is 38.7 Å². The van der Waals surface area contributed by atoms with Crippen LogP contribution in [0.25, 0.3) is 21.5 Å². The molecule has 0 bridgehead atoms. The van der Waals surface area contributed by atoms with Crippen molar-refractivity contribution in [1.29, 1.82) is 0 Å². The summed E-state index contributed by atoms with van der Waals surface area (Å²) >= 11 is 7.27. The van der Waals surface area contributed by atoms with Crippen molar-refractivity contribution in [3.8, 4) is 10.7 Å². The van der Waals surface area contributed by atoms with Gasteiger partial charge in [0.05, 0.1) is 0 Å². The highest BCUT2D eigenvalue weighted by atomic mass is 35.5. The second kappa shape index (κ2) is 5.00. The highest BCUT2D eigenvalue weighted by molar-refractivity contribution is 7.14. The van der Waals surface area contributed by atoms with Crippen LogP contribution in [0.2, 0.25) is 0 Å².